The quantitative estimate of drug-likeness (QED) is 0.394. The fourth-order valence-electron chi connectivity index (χ4n) is 5.42. The first-order chi connectivity index (χ1) is 18.4. The maximum atomic E-state index is 13.5. The van der Waals surface area contributed by atoms with Crippen LogP contribution in [-0.4, -0.2) is 52.1 Å². The monoisotopic (exact) mass is 509 g/mol. The molecular weight excluding hydrogens is 474 g/mol. The summed E-state index contributed by atoms with van der Waals surface area (Å²) in [6.45, 7) is 2.72. The van der Waals surface area contributed by atoms with Gasteiger partial charge in [-0.15, -0.1) is 0 Å². The van der Waals surface area contributed by atoms with Crippen LogP contribution in [0.3, 0.4) is 0 Å². The van der Waals surface area contributed by atoms with E-state index in [0.717, 1.165) is 43.5 Å². The minimum atomic E-state index is -0.358. The van der Waals surface area contributed by atoms with Crippen LogP contribution in [0.15, 0.2) is 83.8 Å². The molecular formula is C30H35N7O. The second kappa shape index (κ2) is 11.0. The number of anilines is 1. The molecule has 0 radical (unpaired) electrons. The molecule has 1 saturated carbocycles. The predicted octanol–water partition coefficient (Wildman–Crippen LogP) is 4.97. The van der Waals surface area contributed by atoms with Gasteiger partial charge in [-0.2, -0.15) is 0 Å². The zero-order chi connectivity index (χ0) is 26.6. The van der Waals surface area contributed by atoms with Crippen LogP contribution in [0.4, 0.5) is 5.69 Å². The highest BCUT2D eigenvalue weighted by molar-refractivity contribution is 6.30. The van der Waals surface area contributed by atoms with Crippen LogP contribution >= 0.6 is 0 Å². The number of allylic oxidation sites excluding steroid dienone is 3. The molecule has 5 rings (SSSR count). The fourth-order valence-corrected chi connectivity index (χ4v) is 5.42. The van der Waals surface area contributed by atoms with Gasteiger partial charge in [-0.25, -0.2) is 0 Å². The van der Waals surface area contributed by atoms with E-state index in [1.807, 2.05) is 54.7 Å². The summed E-state index contributed by atoms with van der Waals surface area (Å²) < 4.78 is 0. The molecule has 1 atom stereocenters. The van der Waals surface area contributed by atoms with Crippen LogP contribution < -0.4 is 10.6 Å². The van der Waals surface area contributed by atoms with E-state index >= 15 is 0 Å². The summed E-state index contributed by atoms with van der Waals surface area (Å²) in [7, 11) is 1.62. The SMILES string of the molecule is CC1CC(c2ccccn2)=CC=C1CN/C(Nc1ccccc1)=C1\C(=N)N(C2CCCC2)C(=N)N(C)C1=O. The summed E-state index contributed by atoms with van der Waals surface area (Å²) in [5.41, 5.74) is 4.49. The lowest BCUT2D eigenvalue weighted by Gasteiger charge is -2.40. The number of guanidine groups is 1. The van der Waals surface area contributed by atoms with Crippen molar-refractivity contribution in [1.82, 2.24) is 20.1 Å². The average Bonchev–Trinajstić information content (AvgIpc) is 3.46. The van der Waals surface area contributed by atoms with Crippen molar-refractivity contribution >= 4 is 29.0 Å². The molecule has 1 saturated heterocycles. The van der Waals surface area contributed by atoms with E-state index in [-0.39, 0.29) is 29.3 Å². The van der Waals surface area contributed by atoms with Gasteiger partial charge in [0.05, 0.1) is 5.69 Å². The molecule has 0 spiro atoms. The van der Waals surface area contributed by atoms with Crippen molar-refractivity contribution in [3.05, 3.63) is 89.5 Å². The first-order valence-electron chi connectivity index (χ1n) is 13.3. The summed E-state index contributed by atoms with van der Waals surface area (Å²) in [4.78, 5) is 21.1. The normalized spacial score (nSPS) is 21.8. The number of likely N-dealkylation sites (N-methyl/N-ethyl adjacent to an activating group) is 1. The zero-order valence-electron chi connectivity index (χ0n) is 22.0. The highest BCUT2D eigenvalue weighted by atomic mass is 16.2. The van der Waals surface area contributed by atoms with Crippen LogP contribution in [0.1, 0.15) is 44.7 Å². The van der Waals surface area contributed by atoms with Gasteiger partial charge in [0.15, 0.2) is 0 Å². The van der Waals surface area contributed by atoms with E-state index < -0.39 is 0 Å². The highest BCUT2D eigenvalue weighted by Gasteiger charge is 2.41. The first-order valence-corrected chi connectivity index (χ1v) is 13.3. The molecule has 2 aromatic rings. The maximum Gasteiger partial charge on any atom is 0.267 e. The number of nitrogens with zero attached hydrogens (tertiary/aromatic N) is 3. The van der Waals surface area contributed by atoms with E-state index in [2.05, 4.69) is 34.7 Å². The summed E-state index contributed by atoms with van der Waals surface area (Å²) in [5.74, 6) is 0.577. The van der Waals surface area contributed by atoms with Crippen LogP contribution in [0.2, 0.25) is 0 Å². The number of amidine groups is 1. The molecule has 1 aromatic heterocycles. The number of nitrogens with one attached hydrogen (secondary N) is 4. The molecule has 8 nitrogen and oxygen atoms in total. The molecule has 196 valence electrons. The third kappa shape index (κ3) is 5.11. The molecule has 38 heavy (non-hydrogen) atoms. The van der Waals surface area contributed by atoms with Crippen LogP contribution in [0, 0.1) is 16.7 Å². The number of benzene rings is 1. The molecule has 0 bridgehead atoms. The highest BCUT2D eigenvalue weighted by Crippen LogP contribution is 2.31. The van der Waals surface area contributed by atoms with E-state index in [4.69, 9.17) is 10.8 Å². The minimum Gasteiger partial charge on any atom is -0.367 e. The molecule has 1 amide bonds. The van der Waals surface area contributed by atoms with Crippen molar-refractivity contribution in [2.24, 2.45) is 5.92 Å². The predicted molar refractivity (Wildman–Crippen MR) is 151 cm³/mol. The Bertz CT molecular complexity index is 1310. The standard InChI is InChI=1S/C30H35N7O/c1-20-18-21(25-14-8-9-17-33-25)15-16-22(20)19-34-28(35-23-10-4-3-5-11-23)26-27(31)37(24-12-6-7-13-24)30(32)36(2)29(26)38/h3-5,8-11,14-17,20,24,31-32,34-35H,6-7,12-13,18-19H2,1-2H3/b28-26-,31-27?,32-30?. The van der Waals surface area contributed by atoms with E-state index in [0.29, 0.717) is 18.3 Å². The number of carbonyl (C=O) groups is 1. The molecule has 4 N–H and O–H groups in total. The summed E-state index contributed by atoms with van der Waals surface area (Å²) >= 11 is 0. The Morgan fingerprint density at radius 2 is 1.79 bits per heavy atom. The van der Waals surface area contributed by atoms with Crippen molar-refractivity contribution in [1.29, 1.82) is 10.8 Å². The zero-order valence-corrected chi connectivity index (χ0v) is 22.0. The lowest BCUT2D eigenvalue weighted by atomic mass is 9.87. The summed E-state index contributed by atoms with van der Waals surface area (Å²) in [6, 6.07) is 15.7. The molecule has 2 heterocycles. The van der Waals surface area contributed by atoms with Crippen LogP contribution in [0.25, 0.3) is 5.57 Å². The Balaban J connectivity index is 1.46. The Labute approximate surface area is 224 Å². The van der Waals surface area contributed by atoms with Crippen molar-refractivity contribution in [2.75, 3.05) is 18.9 Å². The molecule has 2 aliphatic carbocycles. The number of aromatic nitrogens is 1. The summed E-state index contributed by atoms with van der Waals surface area (Å²) in [5, 5.41) is 24.5. The van der Waals surface area contributed by atoms with Gasteiger partial charge in [0.1, 0.15) is 17.2 Å². The first kappa shape index (κ1) is 25.4. The van der Waals surface area contributed by atoms with Gasteiger partial charge in [-0.1, -0.05) is 56.2 Å². The number of hydrogen-bond acceptors (Lipinski definition) is 6. The van der Waals surface area contributed by atoms with Crippen LogP contribution in [-0.2, 0) is 4.79 Å². The molecule has 1 aromatic carbocycles. The molecule has 3 aliphatic rings. The third-order valence-electron chi connectivity index (χ3n) is 7.65. The van der Waals surface area contributed by atoms with E-state index in [1.54, 1.807) is 11.9 Å². The number of pyridine rings is 1. The lowest BCUT2D eigenvalue weighted by molar-refractivity contribution is -0.123. The lowest BCUT2D eigenvalue weighted by Crippen LogP contribution is -2.58. The molecule has 2 fully saturated rings. The smallest absolute Gasteiger partial charge is 0.267 e. The molecule has 1 unspecified atom stereocenters. The van der Waals surface area contributed by atoms with Gasteiger partial charge in [0.2, 0.25) is 5.96 Å². The second-order valence-corrected chi connectivity index (χ2v) is 10.2. The second-order valence-electron chi connectivity index (χ2n) is 10.2. The van der Waals surface area contributed by atoms with Crippen molar-refractivity contribution in [3.63, 3.8) is 0 Å². The number of para-hydroxylation sites is 1. The maximum absolute atomic E-state index is 13.5. The average molecular weight is 510 g/mol. The Morgan fingerprint density at radius 3 is 2.47 bits per heavy atom. The third-order valence-corrected chi connectivity index (χ3v) is 7.65. The Hall–Kier alpha value is -4.20. The van der Waals surface area contributed by atoms with Crippen molar-refractivity contribution < 1.29 is 4.79 Å². The molecule has 1 aliphatic heterocycles. The Kier molecular flexibility index (Phi) is 7.40. The minimum absolute atomic E-state index is 0.0646. The van der Waals surface area contributed by atoms with Gasteiger partial charge in [0, 0.05) is 31.5 Å². The van der Waals surface area contributed by atoms with Gasteiger partial charge >= 0.3 is 0 Å². The topological polar surface area (TPSA) is 108 Å². The number of hydrogen-bond donors (Lipinski definition) is 4. The van der Waals surface area contributed by atoms with Crippen LogP contribution in [0.5, 0.6) is 0 Å². The van der Waals surface area contributed by atoms with Gasteiger partial charge < -0.3 is 10.6 Å². The van der Waals surface area contributed by atoms with Crippen molar-refractivity contribution in [3.8, 4) is 0 Å². The number of rotatable bonds is 7. The largest absolute Gasteiger partial charge is 0.367 e. The van der Waals surface area contributed by atoms with E-state index in [9.17, 15) is 4.79 Å². The summed E-state index contributed by atoms with van der Waals surface area (Å²) in [6.07, 6.45) is 11.0. The Morgan fingerprint density at radius 1 is 1.05 bits per heavy atom. The number of amides is 1. The van der Waals surface area contributed by atoms with Gasteiger partial charge in [-0.05, 0) is 60.6 Å². The van der Waals surface area contributed by atoms with E-state index in [1.165, 1.54) is 16.0 Å². The number of carbonyl (C=O) groups excluding carboxylic acids is 1. The van der Waals surface area contributed by atoms with Crippen molar-refractivity contribution in [2.45, 2.75) is 45.1 Å². The van der Waals surface area contributed by atoms with Gasteiger partial charge in [-0.3, -0.25) is 30.4 Å². The van der Waals surface area contributed by atoms with Gasteiger partial charge in [0.25, 0.3) is 5.91 Å². The molecule has 8 heteroatoms. The fraction of sp³-hybridized carbons (Fsp3) is 0.333.